The van der Waals surface area contributed by atoms with Gasteiger partial charge in [0.2, 0.25) is 0 Å². The number of hydrogen-bond acceptors (Lipinski definition) is 6. The maximum Gasteiger partial charge on any atom is 0.282 e. The van der Waals surface area contributed by atoms with E-state index in [1.165, 1.54) is 23.3 Å². The lowest BCUT2D eigenvalue weighted by Gasteiger charge is -2.56. The van der Waals surface area contributed by atoms with E-state index in [1.807, 2.05) is 10.3 Å². The van der Waals surface area contributed by atoms with Crippen LogP contribution in [0.2, 0.25) is 0 Å². The maximum atomic E-state index is 12.6. The Balaban J connectivity index is 1.13. The molecular formula is C23H27N5OS. The number of aromatic nitrogens is 1. The van der Waals surface area contributed by atoms with E-state index in [9.17, 15) is 10.1 Å². The zero-order valence-corrected chi connectivity index (χ0v) is 17.9. The Morgan fingerprint density at radius 2 is 2.03 bits per heavy atom. The molecule has 1 saturated carbocycles. The summed E-state index contributed by atoms with van der Waals surface area (Å²) in [7, 11) is 0. The quantitative estimate of drug-likeness (QED) is 0.777. The number of likely N-dealkylation sites (tertiary alicyclic amines) is 2. The van der Waals surface area contributed by atoms with E-state index in [-0.39, 0.29) is 11.4 Å². The van der Waals surface area contributed by atoms with Crippen molar-refractivity contribution >= 4 is 17.2 Å². The average Bonchev–Trinajstić information content (AvgIpc) is 3.29. The van der Waals surface area contributed by atoms with Gasteiger partial charge in [0, 0.05) is 55.8 Å². The molecule has 2 aliphatic heterocycles. The summed E-state index contributed by atoms with van der Waals surface area (Å²) >= 11 is 1.38. The zero-order valence-electron chi connectivity index (χ0n) is 17.0. The molecule has 2 saturated heterocycles. The summed E-state index contributed by atoms with van der Waals surface area (Å²) in [5.41, 5.74) is 1.26. The first-order valence-electron chi connectivity index (χ1n) is 10.8. The molecule has 7 heteroatoms. The van der Waals surface area contributed by atoms with Crippen LogP contribution < -0.4 is 5.32 Å². The summed E-state index contributed by atoms with van der Waals surface area (Å²) in [6.45, 7) is 3.24. The van der Waals surface area contributed by atoms with Crippen LogP contribution in [0, 0.1) is 11.3 Å². The fraction of sp³-hybridized carbons (Fsp3) is 0.522. The van der Waals surface area contributed by atoms with E-state index in [0.29, 0.717) is 42.5 Å². The van der Waals surface area contributed by atoms with Crippen molar-refractivity contribution in [2.45, 2.75) is 49.2 Å². The highest BCUT2D eigenvalue weighted by Gasteiger charge is 2.50. The minimum atomic E-state index is -0.182. The van der Waals surface area contributed by atoms with Crippen molar-refractivity contribution in [3.8, 4) is 6.07 Å². The van der Waals surface area contributed by atoms with Crippen molar-refractivity contribution in [3.63, 3.8) is 0 Å². The number of hydrogen-bond donors (Lipinski definition) is 1. The van der Waals surface area contributed by atoms with Gasteiger partial charge in [0.15, 0.2) is 5.01 Å². The first-order chi connectivity index (χ1) is 14.7. The Morgan fingerprint density at radius 1 is 1.27 bits per heavy atom. The van der Waals surface area contributed by atoms with Crippen LogP contribution in [0.3, 0.4) is 0 Å². The molecule has 30 heavy (non-hydrogen) atoms. The van der Waals surface area contributed by atoms with Gasteiger partial charge in [-0.1, -0.05) is 30.3 Å². The Kier molecular flexibility index (Phi) is 5.32. The second-order valence-electron chi connectivity index (χ2n) is 8.85. The molecule has 3 aliphatic rings. The highest BCUT2D eigenvalue weighted by Crippen LogP contribution is 2.42. The van der Waals surface area contributed by atoms with E-state index in [1.54, 1.807) is 6.20 Å². The Hall–Kier alpha value is -2.27. The molecule has 0 spiro atoms. The standard InChI is InChI=1S/C23H27N5OS/c24-9-8-23(15-27(16-23)22(29)21-25-10-13-30-21)28-11-6-18(7-12-28)26-20-14-19(20)17-4-2-1-3-5-17/h1-5,10,13,18-20,26H,6-8,11-12,14-16H2/t19-,20+/m0/s1. The SMILES string of the molecule is N#CCC1(N2CCC(N[C@@H]3C[C@H]3c3ccccc3)CC2)CN(C(=O)c2nccs2)C1. The first kappa shape index (κ1) is 19.7. The summed E-state index contributed by atoms with van der Waals surface area (Å²) in [5.74, 6) is 0.655. The third-order valence-corrected chi connectivity index (χ3v) is 7.68. The lowest BCUT2D eigenvalue weighted by atomic mass is 9.82. The van der Waals surface area contributed by atoms with Gasteiger partial charge in [0.1, 0.15) is 0 Å². The Bertz CT molecular complexity index is 911. The van der Waals surface area contributed by atoms with Crippen molar-refractivity contribution in [1.29, 1.82) is 5.26 Å². The van der Waals surface area contributed by atoms with Gasteiger partial charge in [0.05, 0.1) is 18.0 Å². The number of piperidine rings is 1. The second kappa shape index (κ2) is 8.10. The maximum absolute atomic E-state index is 12.6. The van der Waals surface area contributed by atoms with Gasteiger partial charge in [-0.25, -0.2) is 4.98 Å². The third-order valence-electron chi connectivity index (χ3n) is 6.91. The summed E-state index contributed by atoms with van der Waals surface area (Å²) in [5, 5.41) is 15.7. The Morgan fingerprint density at radius 3 is 2.70 bits per heavy atom. The van der Waals surface area contributed by atoms with Crippen LogP contribution in [0.1, 0.15) is 47.0 Å². The van der Waals surface area contributed by atoms with E-state index in [2.05, 4.69) is 51.6 Å². The number of nitrogens with one attached hydrogen (secondary N) is 1. The topological polar surface area (TPSA) is 72.3 Å². The molecule has 1 N–H and O–H groups in total. The molecule has 1 aliphatic carbocycles. The van der Waals surface area contributed by atoms with E-state index in [0.717, 1.165) is 25.9 Å². The molecule has 1 aromatic heterocycles. The molecule has 5 rings (SSSR count). The second-order valence-corrected chi connectivity index (χ2v) is 9.74. The predicted molar refractivity (Wildman–Crippen MR) is 116 cm³/mol. The molecule has 3 heterocycles. The number of nitriles is 1. The van der Waals surface area contributed by atoms with Crippen LogP contribution in [0.25, 0.3) is 0 Å². The van der Waals surface area contributed by atoms with Crippen molar-refractivity contribution in [3.05, 3.63) is 52.5 Å². The molecule has 2 aromatic rings. The van der Waals surface area contributed by atoms with Crippen LogP contribution >= 0.6 is 11.3 Å². The van der Waals surface area contributed by atoms with Crippen LogP contribution in [0.5, 0.6) is 0 Å². The fourth-order valence-corrected chi connectivity index (χ4v) is 5.72. The van der Waals surface area contributed by atoms with Gasteiger partial charge in [0.25, 0.3) is 5.91 Å². The summed E-state index contributed by atoms with van der Waals surface area (Å²) in [6.07, 6.45) is 5.58. The smallest absolute Gasteiger partial charge is 0.282 e. The van der Waals surface area contributed by atoms with Crippen LogP contribution in [0.15, 0.2) is 41.9 Å². The van der Waals surface area contributed by atoms with Gasteiger partial charge in [-0.2, -0.15) is 5.26 Å². The highest BCUT2D eigenvalue weighted by molar-refractivity contribution is 7.11. The van der Waals surface area contributed by atoms with Gasteiger partial charge in [-0.15, -0.1) is 11.3 Å². The minimum absolute atomic E-state index is 0.00388. The lowest BCUT2D eigenvalue weighted by Crippen LogP contribution is -2.72. The largest absolute Gasteiger partial charge is 0.333 e. The number of carbonyl (C=O) groups is 1. The predicted octanol–water partition coefficient (Wildman–Crippen LogP) is 2.86. The Labute approximate surface area is 181 Å². The highest BCUT2D eigenvalue weighted by atomic mass is 32.1. The van der Waals surface area contributed by atoms with Gasteiger partial charge >= 0.3 is 0 Å². The molecule has 3 fully saturated rings. The molecule has 6 nitrogen and oxygen atoms in total. The molecule has 2 atom stereocenters. The number of thiazole rings is 1. The van der Waals surface area contributed by atoms with E-state index in [4.69, 9.17) is 0 Å². The number of nitrogens with zero attached hydrogens (tertiary/aromatic N) is 4. The molecule has 1 aromatic carbocycles. The summed E-state index contributed by atoms with van der Waals surface area (Å²) < 4.78 is 0. The van der Waals surface area contributed by atoms with Crippen molar-refractivity contribution in [2.24, 2.45) is 0 Å². The van der Waals surface area contributed by atoms with Gasteiger partial charge in [-0.05, 0) is 24.8 Å². The van der Waals surface area contributed by atoms with E-state index >= 15 is 0 Å². The minimum Gasteiger partial charge on any atom is -0.333 e. The molecular weight excluding hydrogens is 394 g/mol. The third kappa shape index (κ3) is 3.76. The molecule has 156 valence electrons. The van der Waals surface area contributed by atoms with Crippen molar-refractivity contribution < 1.29 is 4.79 Å². The summed E-state index contributed by atoms with van der Waals surface area (Å²) in [6, 6.07) is 14.3. The number of rotatable bonds is 6. The van der Waals surface area contributed by atoms with Gasteiger partial charge in [-0.3, -0.25) is 9.69 Å². The summed E-state index contributed by atoms with van der Waals surface area (Å²) in [4.78, 5) is 21.0. The fourth-order valence-electron chi connectivity index (χ4n) is 5.11. The number of benzene rings is 1. The number of carbonyl (C=O) groups excluding carboxylic acids is 1. The van der Waals surface area contributed by atoms with Crippen molar-refractivity contribution in [1.82, 2.24) is 20.1 Å². The molecule has 1 amide bonds. The first-order valence-corrected chi connectivity index (χ1v) is 11.7. The molecule has 0 unspecified atom stereocenters. The van der Waals surface area contributed by atoms with E-state index < -0.39 is 0 Å². The average molecular weight is 422 g/mol. The van der Waals surface area contributed by atoms with Crippen molar-refractivity contribution in [2.75, 3.05) is 26.2 Å². The molecule has 0 bridgehead atoms. The lowest BCUT2D eigenvalue weighted by molar-refractivity contribution is -0.0497. The number of amides is 1. The monoisotopic (exact) mass is 421 g/mol. The van der Waals surface area contributed by atoms with Crippen LogP contribution in [-0.2, 0) is 0 Å². The normalized spacial score (nSPS) is 26.0. The van der Waals surface area contributed by atoms with Gasteiger partial charge < -0.3 is 10.2 Å². The van der Waals surface area contributed by atoms with Crippen LogP contribution in [-0.4, -0.2) is 64.5 Å². The van der Waals surface area contributed by atoms with Crippen LogP contribution in [0.4, 0.5) is 0 Å². The zero-order chi connectivity index (χ0) is 20.6. The molecule has 0 radical (unpaired) electrons.